The molecule has 0 aromatic heterocycles. The van der Waals surface area contributed by atoms with Crippen LogP contribution in [0.15, 0.2) is 0 Å². The Bertz CT molecular complexity index is 49.7. The molecule has 6 nitrogen and oxygen atoms in total. The minimum atomic E-state index is -2.19. The van der Waals surface area contributed by atoms with Gasteiger partial charge in [0.2, 0.25) is 0 Å². The van der Waals surface area contributed by atoms with E-state index in [1.54, 1.807) is 0 Å². The molecule has 0 fully saturated rings. The van der Waals surface area contributed by atoms with Gasteiger partial charge in [0.25, 0.3) is 0 Å². The van der Waals surface area contributed by atoms with Gasteiger partial charge in [-0.25, -0.2) is 0 Å². The van der Waals surface area contributed by atoms with Crippen LogP contribution in [0.4, 0.5) is 0 Å². The minimum absolute atomic E-state index is 0. The molecule has 0 N–H and O–H groups in total. The summed E-state index contributed by atoms with van der Waals surface area (Å²) in [5.74, 6) is 0. The first-order chi connectivity index (χ1) is 4.24. The zero-order chi connectivity index (χ0) is 8.12. The third kappa shape index (κ3) is 405. The van der Waals surface area contributed by atoms with E-state index in [1.165, 1.54) is 0 Å². The fourth-order valence-electron chi connectivity index (χ4n) is 0. The third-order valence-corrected chi connectivity index (χ3v) is 0. The molecule has 0 rings (SSSR count). The van der Waals surface area contributed by atoms with E-state index < -0.39 is 47.1 Å². The smallest absolute Gasteiger partial charge is 3.00 e. The molecule has 0 aliphatic heterocycles. The predicted octanol–water partition coefficient (Wildman–Crippen LogP) is -6.25. The molecule has 0 spiro atoms. The quantitative estimate of drug-likeness (QED) is 0.347. The Morgan fingerprint density at radius 1 is 0.700 bits per heavy atom. The van der Waals surface area contributed by atoms with Crippen LogP contribution in [-0.2, 0) is 11.3 Å². The van der Waals surface area contributed by atoms with E-state index >= 15 is 0 Å². The normalized spacial score (nSPS) is 3.60. The van der Waals surface area contributed by atoms with Crippen LogP contribution >= 0.6 is 0 Å². The number of rotatable bonds is 0. The Balaban J connectivity index is -0.0000000257. The van der Waals surface area contributed by atoms with Gasteiger partial charge in [0.15, 0.2) is 0 Å². The van der Waals surface area contributed by atoms with E-state index in [-0.39, 0.29) is 24.4 Å². The predicted molar refractivity (Wildman–Crippen MR) is 29.3 cm³/mol. The van der Waals surface area contributed by atoms with Crippen molar-refractivity contribution >= 4 is 71.5 Å². The van der Waals surface area contributed by atoms with E-state index in [1.807, 2.05) is 0 Å². The van der Waals surface area contributed by atoms with Gasteiger partial charge >= 0.3 is 95.3 Å². The average molecular weight is 439 g/mol. The van der Waals surface area contributed by atoms with Crippen molar-refractivity contribution < 1.29 is 23.7 Å². The summed E-state index contributed by atoms with van der Waals surface area (Å²) < 4.78 is 51.2. The van der Waals surface area contributed by atoms with Gasteiger partial charge in [-0.1, -0.05) is 0 Å². The van der Waals surface area contributed by atoms with Crippen molar-refractivity contribution in [2.24, 2.45) is 0 Å². The van der Waals surface area contributed by atoms with Gasteiger partial charge in [0.05, 0.1) is 0 Å². The van der Waals surface area contributed by atoms with Crippen LogP contribution in [0.1, 0.15) is 0 Å². The maximum atomic E-state index is 8.53. The van der Waals surface area contributed by atoms with Gasteiger partial charge in [-0.15, -0.1) is 0 Å². The van der Waals surface area contributed by atoms with Crippen LogP contribution in [-0.4, -0.2) is 71.5 Å². The van der Waals surface area contributed by atoms with Crippen molar-refractivity contribution in [3.8, 4) is 0 Å². The molecule has 0 unspecified atom stereocenters. The topological polar surface area (TPSA) is 120 Å². The molecule has 0 atom stereocenters. The Hall–Kier alpha value is 1.25. The molecule has 0 heterocycles. The van der Waals surface area contributed by atoms with Gasteiger partial charge in [-0.2, -0.15) is 0 Å². The van der Waals surface area contributed by atoms with Crippen LogP contribution < -0.4 is 12.4 Å². The molecule has 0 aliphatic carbocycles. The first-order valence-electron chi connectivity index (χ1n) is 1.41. The van der Waals surface area contributed by atoms with Crippen LogP contribution in [0, 0.1) is 0 Å². The Morgan fingerprint density at radius 3 is 0.700 bits per heavy atom. The maximum absolute atomic E-state index is 8.53. The van der Waals surface area contributed by atoms with Crippen molar-refractivity contribution in [3.05, 3.63) is 0 Å². The fourth-order valence-corrected chi connectivity index (χ4v) is 0. The summed E-state index contributed by atoms with van der Waals surface area (Å²) >= 11 is -6.56. The third-order valence-electron chi connectivity index (χ3n) is 0. The zero-order valence-electron chi connectivity index (χ0n) is 4.63. The summed E-state index contributed by atoms with van der Waals surface area (Å²) in [7, 11) is 0. The molecule has 0 aliphatic rings. The zero-order valence-corrected chi connectivity index (χ0v) is 14.4. The first-order valence-corrected chi connectivity index (χ1v) is 7.35. The molecule has 2 radical (unpaired) electrons. The van der Waals surface area contributed by atoms with Gasteiger partial charge in [0, 0.05) is 0 Å². The number of hydrogen-bond donors (Lipinski definition) is 0. The van der Waals surface area contributed by atoms with Gasteiger partial charge < -0.3 is 0 Å². The molecule has 0 saturated heterocycles. The standard InChI is InChI=1S/3GeHO2.Sb/c3*2-1-3;/h3*1H;/q3*-1;+3. The second-order valence-corrected chi connectivity index (χ2v) is 1.50. The van der Waals surface area contributed by atoms with E-state index in [2.05, 4.69) is 0 Å². The summed E-state index contributed by atoms with van der Waals surface area (Å²) in [5.41, 5.74) is 0. The van der Waals surface area contributed by atoms with E-state index in [0.717, 1.165) is 0 Å². The monoisotopic (exact) mass is 442 g/mol. The SMILES string of the molecule is [O]=[GeH][O-].[O]=[GeH][O-].[O]=[GeH][O-].[Sb+3]. The molecule has 10 heteroatoms. The van der Waals surface area contributed by atoms with Crippen molar-refractivity contribution in [2.75, 3.05) is 0 Å². The first kappa shape index (κ1) is 22.5. The Morgan fingerprint density at radius 2 is 0.700 bits per heavy atom. The Labute approximate surface area is 94.3 Å². The molecule has 10 heavy (non-hydrogen) atoms. The summed E-state index contributed by atoms with van der Waals surface area (Å²) in [6.45, 7) is 0. The second kappa shape index (κ2) is 48.6. The van der Waals surface area contributed by atoms with Crippen molar-refractivity contribution in [3.63, 3.8) is 0 Å². The summed E-state index contributed by atoms with van der Waals surface area (Å²) in [5, 5.41) is 0. The van der Waals surface area contributed by atoms with Crippen molar-refractivity contribution in [1.82, 2.24) is 0 Å². The van der Waals surface area contributed by atoms with Gasteiger partial charge in [-0.3, -0.25) is 0 Å². The van der Waals surface area contributed by atoms with Gasteiger partial charge in [0.1, 0.15) is 0 Å². The average Bonchev–Trinajstić information content (AvgIpc) is 1.70. The molecular weight excluding hydrogens is 436 g/mol. The molecule has 0 saturated carbocycles. The summed E-state index contributed by atoms with van der Waals surface area (Å²) in [6, 6.07) is 0. The van der Waals surface area contributed by atoms with E-state index in [0.29, 0.717) is 0 Å². The second-order valence-electron chi connectivity index (χ2n) is 0.289. The molecule has 0 amide bonds. The summed E-state index contributed by atoms with van der Waals surface area (Å²) in [6.07, 6.45) is 0. The van der Waals surface area contributed by atoms with E-state index in [9.17, 15) is 0 Å². The molecule has 0 aromatic carbocycles. The Kier molecular flexibility index (Phi) is 109. The molecule has 0 bridgehead atoms. The summed E-state index contributed by atoms with van der Waals surface area (Å²) in [4.78, 5) is 0. The molecule has 56 valence electrons. The minimum Gasteiger partial charge on any atom is 3.00 e. The van der Waals surface area contributed by atoms with Crippen molar-refractivity contribution in [2.45, 2.75) is 0 Å². The van der Waals surface area contributed by atoms with E-state index in [4.69, 9.17) is 23.7 Å². The fraction of sp³-hybridized carbons (Fsp3) is 0. The molecular formula is H3Ge3O6Sb. The largest absolute Gasteiger partial charge is 3.00 e. The van der Waals surface area contributed by atoms with Gasteiger partial charge in [-0.05, 0) is 0 Å². The molecule has 0 aromatic rings. The van der Waals surface area contributed by atoms with Crippen LogP contribution in [0.5, 0.6) is 0 Å². The van der Waals surface area contributed by atoms with Crippen LogP contribution in [0.3, 0.4) is 0 Å². The van der Waals surface area contributed by atoms with Crippen LogP contribution in [0.2, 0.25) is 0 Å². The maximum Gasteiger partial charge on any atom is 3.00 e. The van der Waals surface area contributed by atoms with Crippen LogP contribution in [0.25, 0.3) is 0 Å². The number of hydrogen-bond acceptors (Lipinski definition) is 6. The van der Waals surface area contributed by atoms with Crippen molar-refractivity contribution in [1.29, 1.82) is 0 Å².